The van der Waals surface area contributed by atoms with Crippen molar-refractivity contribution in [2.45, 2.75) is 26.4 Å². The highest BCUT2D eigenvalue weighted by atomic mass is 16.6. The highest BCUT2D eigenvalue weighted by Crippen LogP contribution is 2.34. The van der Waals surface area contributed by atoms with Crippen molar-refractivity contribution in [3.05, 3.63) is 33.9 Å². The van der Waals surface area contributed by atoms with Crippen LogP contribution in [-0.2, 0) is 9.53 Å². The van der Waals surface area contributed by atoms with Crippen molar-refractivity contribution in [1.29, 1.82) is 0 Å². The number of ether oxygens (including phenoxy) is 2. The third-order valence-corrected chi connectivity index (χ3v) is 3.36. The molecule has 7 nitrogen and oxygen atoms in total. The van der Waals surface area contributed by atoms with Crippen molar-refractivity contribution >= 4 is 17.4 Å². The van der Waals surface area contributed by atoms with E-state index in [4.69, 9.17) is 9.47 Å². The van der Waals surface area contributed by atoms with E-state index in [9.17, 15) is 19.7 Å². The van der Waals surface area contributed by atoms with Crippen LogP contribution in [0.5, 0.6) is 5.75 Å². The zero-order valence-electron chi connectivity index (χ0n) is 11.7. The number of carbonyl (C=O) groups is 2. The van der Waals surface area contributed by atoms with Crippen LogP contribution in [0.3, 0.4) is 0 Å². The molecule has 1 aromatic rings. The fourth-order valence-corrected chi connectivity index (χ4v) is 2.21. The maximum atomic E-state index is 12.3. The smallest absolute Gasteiger partial charge is 0.309 e. The Morgan fingerprint density at radius 1 is 1.48 bits per heavy atom. The molecule has 2 rings (SSSR count). The second-order valence-corrected chi connectivity index (χ2v) is 4.76. The summed E-state index contributed by atoms with van der Waals surface area (Å²) in [6.07, 6.45) is -0.650. The summed E-state index contributed by atoms with van der Waals surface area (Å²) < 4.78 is 10.5. The van der Waals surface area contributed by atoms with E-state index in [-0.39, 0.29) is 35.8 Å². The predicted octanol–water partition coefficient (Wildman–Crippen LogP) is 2.13. The normalized spacial score (nSPS) is 20.4. The van der Waals surface area contributed by atoms with Crippen LogP contribution in [0.15, 0.2) is 18.2 Å². The minimum Gasteiger partial charge on any atom is -0.488 e. The number of carbonyl (C=O) groups excluding carboxylic acids is 2. The fourth-order valence-electron chi connectivity index (χ4n) is 2.21. The molecule has 0 saturated heterocycles. The Morgan fingerprint density at radius 2 is 2.19 bits per heavy atom. The number of non-ortho nitro benzene ring substituents is 1. The fraction of sp³-hybridized carbons (Fsp3) is 0.429. The number of nitro groups is 1. The van der Waals surface area contributed by atoms with Gasteiger partial charge in [-0.1, -0.05) is 6.92 Å². The maximum absolute atomic E-state index is 12.3. The first kappa shape index (κ1) is 15.0. The summed E-state index contributed by atoms with van der Waals surface area (Å²) >= 11 is 0. The van der Waals surface area contributed by atoms with E-state index in [2.05, 4.69) is 0 Å². The van der Waals surface area contributed by atoms with Crippen LogP contribution in [-0.4, -0.2) is 29.4 Å². The molecule has 1 unspecified atom stereocenters. The van der Waals surface area contributed by atoms with E-state index < -0.39 is 22.9 Å². The van der Waals surface area contributed by atoms with Gasteiger partial charge in [0.15, 0.2) is 5.78 Å². The summed E-state index contributed by atoms with van der Waals surface area (Å²) in [5.41, 5.74) is 0.0125. The third-order valence-electron chi connectivity index (χ3n) is 3.36. The summed E-state index contributed by atoms with van der Waals surface area (Å²) in [7, 11) is 0. The van der Waals surface area contributed by atoms with Gasteiger partial charge in [-0.3, -0.25) is 19.7 Å². The quantitative estimate of drug-likeness (QED) is 0.479. The van der Waals surface area contributed by atoms with E-state index >= 15 is 0 Å². The topological polar surface area (TPSA) is 95.7 Å². The molecule has 1 aliphatic heterocycles. The van der Waals surface area contributed by atoms with Crippen LogP contribution in [0.4, 0.5) is 5.69 Å². The average Bonchev–Trinajstić information content (AvgIpc) is 2.44. The van der Waals surface area contributed by atoms with E-state index in [1.54, 1.807) is 13.8 Å². The number of fused-ring (bicyclic) bond motifs is 1. The molecule has 112 valence electrons. The zero-order chi connectivity index (χ0) is 15.6. The molecule has 7 heteroatoms. The Morgan fingerprint density at radius 3 is 2.81 bits per heavy atom. The van der Waals surface area contributed by atoms with Crippen LogP contribution < -0.4 is 4.74 Å². The molecule has 0 amide bonds. The second-order valence-electron chi connectivity index (χ2n) is 4.76. The van der Waals surface area contributed by atoms with Gasteiger partial charge in [-0.15, -0.1) is 0 Å². The van der Waals surface area contributed by atoms with Gasteiger partial charge in [-0.05, 0) is 13.0 Å². The molecule has 0 bridgehead atoms. The summed E-state index contributed by atoms with van der Waals surface area (Å²) in [6, 6.07) is 3.85. The van der Waals surface area contributed by atoms with E-state index in [1.165, 1.54) is 18.2 Å². The molecule has 0 fully saturated rings. The summed E-state index contributed by atoms with van der Waals surface area (Å²) in [6.45, 7) is 3.59. The number of esters is 1. The van der Waals surface area contributed by atoms with Crippen molar-refractivity contribution in [1.82, 2.24) is 0 Å². The summed E-state index contributed by atoms with van der Waals surface area (Å²) in [5.74, 6) is -1.01. The molecule has 0 N–H and O–H groups in total. The van der Waals surface area contributed by atoms with Gasteiger partial charge in [0.2, 0.25) is 0 Å². The number of nitrogens with zero attached hydrogens (tertiary/aromatic N) is 1. The maximum Gasteiger partial charge on any atom is 0.309 e. The minimum atomic E-state index is -0.620. The number of nitro benzene ring substituents is 1. The Bertz CT molecular complexity index is 597. The van der Waals surface area contributed by atoms with Crippen molar-refractivity contribution in [3.8, 4) is 5.75 Å². The molecule has 0 spiro atoms. The molecule has 0 saturated carbocycles. The van der Waals surface area contributed by atoms with Gasteiger partial charge in [-0.2, -0.15) is 0 Å². The lowest BCUT2D eigenvalue weighted by molar-refractivity contribution is -0.384. The van der Waals surface area contributed by atoms with E-state index in [0.29, 0.717) is 0 Å². The van der Waals surface area contributed by atoms with Gasteiger partial charge in [0, 0.05) is 12.1 Å². The first-order chi connectivity index (χ1) is 9.93. The van der Waals surface area contributed by atoms with Gasteiger partial charge in [0.05, 0.1) is 29.4 Å². The average molecular weight is 293 g/mol. The van der Waals surface area contributed by atoms with Gasteiger partial charge in [0.1, 0.15) is 11.9 Å². The number of hydrogen-bond donors (Lipinski definition) is 0. The Balaban J connectivity index is 2.25. The molecule has 2 atom stereocenters. The van der Waals surface area contributed by atoms with Gasteiger partial charge in [-0.25, -0.2) is 0 Å². The first-order valence-electron chi connectivity index (χ1n) is 6.59. The van der Waals surface area contributed by atoms with E-state index in [1.807, 2.05) is 0 Å². The molecule has 0 radical (unpaired) electrons. The summed E-state index contributed by atoms with van der Waals surface area (Å²) in [5, 5.41) is 10.7. The van der Waals surface area contributed by atoms with E-state index in [0.717, 1.165) is 0 Å². The minimum absolute atomic E-state index is 0.0306. The monoisotopic (exact) mass is 293 g/mol. The van der Waals surface area contributed by atoms with Gasteiger partial charge < -0.3 is 9.47 Å². The highest BCUT2D eigenvalue weighted by Gasteiger charge is 2.36. The molecule has 1 heterocycles. The van der Waals surface area contributed by atoms with Crippen LogP contribution >= 0.6 is 0 Å². The molecule has 0 aromatic heterocycles. The van der Waals surface area contributed by atoms with Crippen molar-refractivity contribution in [2.24, 2.45) is 5.92 Å². The van der Waals surface area contributed by atoms with Crippen LogP contribution in [0.1, 0.15) is 30.6 Å². The zero-order valence-corrected chi connectivity index (χ0v) is 11.7. The van der Waals surface area contributed by atoms with Gasteiger partial charge in [0.25, 0.3) is 5.69 Å². The number of hydrogen-bond acceptors (Lipinski definition) is 6. The van der Waals surface area contributed by atoms with Crippen molar-refractivity contribution < 1.29 is 24.0 Å². The van der Waals surface area contributed by atoms with Crippen LogP contribution in [0.2, 0.25) is 0 Å². The Kier molecular flexibility index (Phi) is 4.21. The lowest BCUT2D eigenvalue weighted by Crippen LogP contribution is -2.37. The molecule has 0 aliphatic carbocycles. The Labute approximate surface area is 121 Å². The number of rotatable bonds is 4. The SMILES string of the molecule is CCOC(=O)C[C@H]1Oc2ccc([N+](=O)[O-])cc2C(=O)C1C. The number of benzene rings is 1. The van der Waals surface area contributed by atoms with Crippen molar-refractivity contribution in [2.75, 3.05) is 6.61 Å². The largest absolute Gasteiger partial charge is 0.488 e. The summed E-state index contributed by atoms with van der Waals surface area (Å²) in [4.78, 5) is 34.0. The molecular formula is C14H15NO6. The van der Waals surface area contributed by atoms with Crippen LogP contribution in [0.25, 0.3) is 0 Å². The second kappa shape index (κ2) is 5.90. The third kappa shape index (κ3) is 3.01. The highest BCUT2D eigenvalue weighted by molar-refractivity contribution is 6.02. The molecule has 21 heavy (non-hydrogen) atoms. The van der Waals surface area contributed by atoms with Gasteiger partial charge >= 0.3 is 5.97 Å². The number of ketones is 1. The van der Waals surface area contributed by atoms with Crippen LogP contribution in [0, 0.1) is 16.0 Å². The standard InChI is InChI=1S/C14H15NO6/c1-3-20-13(16)7-12-8(2)14(17)10-6-9(15(18)19)4-5-11(10)21-12/h4-6,8,12H,3,7H2,1-2H3/t8?,12-/m1/s1. The Hall–Kier alpha value is -2.44. The predicted molar refractivity (Wildman–Crippen MR) is 72.3 cm³/mol. The molecule has 1 aliphatic rings. The lowest BCUT2D eigenvalue weighted by atomic mass is 9.89. The lowest BCUT2D eigenvalue weighted by Gasteiger charge is -2.29. The molecule has 1 aromatic carbocycles. The van der Waals surface area contributed by atoms with Crippen molar-refractivity contribution in [3.63, 3.8) is 0 Å². The first-order valence-corrected chi connectivity index (χ1v) is 6.59. The molecular weight excluding hydrogens is 278 g/mol. The number of Topliss-reactive ketones (excluding diaryl/α,β-unsaturated/α-hetero) is 1.